The topological polar surface area (TPSA) is 111 Å². The van der Waals surface area contributed by atoms with E-state index in [0.717, 1.165) is 9.13 Å². The Morgan fingerprint density at radius 2 is 1.29 bits per heavy atom. The van der Waals surface area contributed by atoms with E-state index in [1.807, 2.05) is 4.98 Å². The van der Waals surface area contributed by atoms with Gasteiger partial charge in [-0.3, -0.25) is 4.98 Å². The highest BCUT2D eigenvalue weighted by atomic mass is 16.2. The van der Waals surface area contributed by atoms with Gasteiger partial charge >= 0.3 is 17.1 Å². The van der Waals surface area contributed by atoms with Crippen LogP contribution in [0, 0.1) is 0 Å². The summed E-state index contributed by atoms with van der Waals surface area (Å²) in [4.78, 5) is 56.6. The average Bonchev–Trinajstić information content (AvgIpc) is 2.28. The molecular formula is C9H11N3O5. The van der Waals surface area contributed by atoms with Gasteiger partial charge in [-0.05, 0) is 0 Å². The number of aromatic nitrogens is 3. The second-order valence-corrected chi connectivity index (χ2v) is 3.23. The summed E-state index contributed by atoms with van der Waals surface area (Å²) >= 11 is 0. The van der Waals surface area contributed by atoms with Crippen LogP contribution in [-0.4, -0.2) is 26.7 Å². The highest BCUT2D eigenvalue weighted by molar-refractivity contribution is 5.49. The van der Waals surface area contributed by atoms with Gasteiger partial charge in [0, 0.05) is 25.9 Å². The van der Waals surface area contributed by atoms with Crippen molar-refractivity contribution in [2.24, 2.45) is 0 Å². The van der Waals surface area contributed by atoms with E-state index in [9.17, 15) is 24.0 Å². The molecule has 0 spiro atoms. The third-order valence-electron chi connectivity index (χ3n) is 2.11. The number of carbonyl (C=O) groups is 2. The van der Waals surface area contributed by atoms with Crippen molar-refractivity contribution in [1.29, 1.82) is 0 Å². The van der Waals surface area contributed by atoms with Crippen LogP contribution in [0.3, 0.4) is 0 Å². The molecule has 1 heterocycles. The van der Waals surface area contributed by atoms with Crippen LogP contribution < -0.4 is 17.1 Å². The van der Waals surface area contributed by atoms with Crippen LogP contribution in [0.1, 0.15) is 12.8 Å². The molecule has 8 nitrogen and oxygen atoms in total. The molecular weight excluding hydrogens is 230 g/mol. The van der Waals surface area contributed by atoms with Gasteiger partial charge in [0.25, 0.3) is 0 Å². The first kappa shape index (κ1) is 12.8. The highest BCUT2D eigenvalue weighted by Gasteiger charge is 2.08. The first-order valence-electron chi connectivity index (χ1n) is 4.93. The van der Waals surface area contributed by atoms with E-state index in [0.29, 0.717) is 12.6 Å². The minimum atomic E-state index is -0.857. The van der Waals surface area contributed by atoms with Gasteiger partial charge in [0.05, 0.1) is 0 Å². The summed E-state index contributed by atoms with van der Waals surface area (Å²) < 4.78 is 1.50. The van der Waals surface area contributed by atoms with E-state index in [-0.39, 0.29) is 25.9 Å². The molecule has 0 saturated carbocycles. The fraction of sp³-hybridized carbons (Fsp3) is 0.444. The standard InChI is InChI=1S/C9H11N3O5/c13-5-1-3-11-7(15)10-8(16)12(9(11)17)4-2-6-14/h5-6H,1-4H2,(H,10,15,16). The molecule has 0 bridgehead atoms. The molecule has 0 amide bonds. The lowest BCUT2D eigenvalue weighted by atomic mass is 10.4. The minimum absolute atomic E-state index is 0.00509. The average molecular weight is 241 g/mol. The molecule has 0 aliphatic heterocycles. The molecule has 17 heavy (non-hydrogen) atoms. The summed E-state index contributed by atoms with van der Waals surface area (Å²) in [6, 6.07) is 0. The monoisotopic (exact) mass is 241 g/mol. The van der Waals surface area contributed by atoms with Crippen molar-refractivity contribution in [3.8, 4) is 0 Å². The van der Waals surface area contributed by atoms with Crippen molar-refractivity contribution >= 4 is 12.6 Å². The summed E-state index contributed by atoms with van der Waals surface area (Å²) in [5.74, 6) is 0. The molecule has 1 N–H and O–H groups in total. The third kappa shape index (κ3) is 2.86. The van der Waals surface area contributed by atoms with Crippen LogP contribution in [0.25, 0.3) is 0 Å². The summed E-state index contributed by atoms with van der Waals surface area (Å²) in [6.07, 6.45) is 1.11. The number of hydrogen-bond acceptors (Lipinski definition) is 5. The molecule has 1 aromatic heterocycles. The Kier molecular flexibility index (Phi) is 4.32. The second-order valence-electron chi connectivity index (χ2n) is 3.23. The number of rotatable bonds is 6. The maximum atomic E-state index is 11.7. The van der Waals surface area contributed by atoms with Gasteiger partial charge in [0.1, 0.15) is 12.6 Å². The molecule has 0 radical (unpaired) electrons. The molecule has 0 unspecified atom stereocenters. The predicted molar refractivity (Wildman–Crippen MR) is 56.9 cm³/mol. The third-order valence-corrected chi connectivity index (χ3v) is 2.11. The lowest BCUT2D eigenvalue weighted by Crippen LogP contribution is -2.49. The maximum absolute atomic E-state index is 11.7. The van der Waals surface area contributed by atoms with Gasteiger partial charge in [0.15, 0.2) is 0 Å². The Balaban J connectivity index is 3.27. The van der Waals surface area contributed by atoms with Gasteiger partial charge in [-0.25, -0.2) is 23.5 Å². The van der Waals surface area contributed by atoms with Crippen LogP contribution in [0.15, 0.2) is 14.4 Å². The SMILES string of the molecule is O=CCCn1c(=O)[nH]c(=O)n(CCC=O)c1=O. The van der Waals surface area contributed by atoms with E-state index in [2.05, 4.69) is 0 Å². The highest BCUT2D eigenvalue weighted by Crippen LogP contribution is 1.79. The second kappa shape index (κ2) is 5.73. The van der Waals surface area contributed by atoms with Crippen LogP contribution in [-0.2, 0) is 22.7 Å². The van der Waals surface area contributed by atoms with Gasteiger partial charge < -0.3 is 9.59 Å². The van der Waals surface area contributed by atoms with E-state index in [4.69, 9.17) is 0 Å². The molecule has 0 aliphatic carbocycles. The van der Waals surface area contributed by atoms with Gasteiger partial charge in [0.2, 0.25) is 0 Å². The molecule has 1 rings (SSSR count). The van der Waals surface area contributed by atoms with E-state index >= 15 is 0 Å². The van der Waals surface area contributed by atoms with Crippen molar-refractivity contribution in [2.45, 2.75) is 25.9 Å². The first-order valence-corrected chi connectivity index (χ1v) is 4.93. The Morgan fingerprint density at radius 3 is 1.65 bits per heavy atom. The molecule has 0 aromatic carbocycles. The number of H-pyrrole nitrogens is 1. The fourth-order valence-electron chi connectivity index (χ4n) is 1.30. The molecule has 0 aliphatic rings. The zero-order chi connectivity index (χ0) is 12.8. The zero-order valence-corrected chi connectivity index (χ0v) is 8.92. The minimum Gasteiger partial charge on any atom is -0.303 e. The Labute approximate surface area is 94.5 Å². The van der Waals surface area contributed by atoms with Crippen molar-refractivity contribution < 1.29 is 9.59 Å². The molecule has 8 heteroatoms. The first-order chi connectivity index (χ1) is 8.11. The van der Waals surface area contributed by atoms with Crippen LogP contribution in [0.2, 0.25) is 0 Å². The van der Waals surface area contributed by atoms with Crippen molar-refractivity contribution in [1.82, 2.24) is 14.1 Å². The number of hydrogen-bond donors (Lipinski definition) is 1. The summed E-state index contributed by atoms with van der Waals surface area (Å²) in [7, 11) is 0. The number of nitrogens with zero attached hydrogens (tertiary/aromatic N) is 2. The van der Waals surface area contributed by atoms with Gasteiger partial charge in [-0.2, -0.15) is 0 Å². The van der Waals surface area contributed by atoms with E-state index < -0.39 is 17.1 Å². The molecule has 92 valence electrons. The van der Waals surface area contributed by atoms with Crippen molar-refractivity contribution in [2.75, 3.05) is 0 Å². The Hall–Kier alpha value is -2.25. The van der Waals surface area contributed by atoms with Crippen LogP contribution in [0.4, 0.5) is 0 Å². The molecule has 1 aromatic rings. The quantitative estimate of drug-likeness (QED) is 0.572. The Morgan fingerprint density at radius 1 is 0.882 bits per heavy atom. The van der Waals surface area contributed by atoms with Crippen molar-refractivity contribution in [3.05, 3.63) is 31.5 Å². The van der Waals surface area contributed by atoms with E-state index in [1.165, 1.54) is 0 Å². The number of aldehydes is 2. The van der Waals surface area contributed by atoms with Crippen molar-refractivity contribution in [3.63, 3.8) is 0 Å². The number of carbonyl (C=O) groups excluding carboxylic acids is 2. The summed E-state index contributed by atoms with van der Waals surface area (Å²) in [5, 5.41) is 0. The molecule has 0 atom stereocenters. The smallest absolute Gasteiger partial charge is 0.303 e. The van der Waals surface area contributed by atoms with Crippen LogP contribution >= 0.6 is 0 Å². The maximum Gasteiger partial charge on any atom is 0.336 e. The van der Waals surface area contributed by atoms with Crippen LogP contribution in [0.5, 0.6) is 0 Å². The fourth-order valence-corrected chi connectivity index (χ4v) is 1.30. The number of nitrogens with one attached hydrogen (secondary N) is 1. The lowest BCUT2D eigenvalue weighted by Gasteiger charge is -2.05. The summed E-state index contributed by atoms with van der Waals surface area (Å²) in [5.41, 5.74) is -2.53. The molecule has 0 saturated heterocycles. The normalized spacial score (nSPS) is 10.1. The summed E-state index contributed by atoms with van der Waals surface area (Å²) in [6.45, 7) is -0.196. The lowest BCUT2D eigenvalue weighted by molar-refractivity contribution is -0.108. The Bertz CT molecular complexity index is 532. The van der Waals surface area contributed by atoms with E-state index in [1.54, 1.807) is 0 Å². The predicted octanol–water partition coefficient (Wildman–Crippen LogP) is -2.12. The molecule has 0 fully saturated rings. The number of aromatic amines is 1. The zero-order valence-electron chi connectivity index (χ0n) is 8.92. The van der Waals surface area contributed by atoms with Gasteiger partial charge in [-0.15, -0.1) is 0 Å². The van der Waals surface area contributed by atoms with Gasteiger partial charge in [-0.1, -0.05) is 0 Å². The largest absolute Gasteiger partial charge is 0.336 e.